The van der Waals surface area contributed by atoms with Gasteiger partial charge in [-0.25, -0.2) is 4.39 Å². The molecule has 0 spiro atoms. The largest absolute Gasteiger partial charge is 0.494 e. The Balaban J connectivity index is 2.32. The van der Waals surface area contributed by atoms with Gasteiger partial charge in [0.2, 0.25) is 0 Å². The minimum Gasteiger partial charge on any atom is -0.494 e. The summed E-state index contributed by atoms with van der Waals surface area (Å²) < 4.78 is 18.4. The monoisotopic (exact) mass is 233 g/mol. The van der Waals surface area contributed by atoms with E-state index in [0.29, 0.717) is 5.56 Å². The molecule has 88 valence electrons. The first-order valence-corrected chi connectivity index (χ1v) is 5.08. The third-order valence-electron chi connectivity index (χ3n) is 2.50. The van der Waals surface area contributed by atoms with Gasteiger partial charge in [0.15, 0.2) is 11.6 Å². The lowest BCUT2D eigenvalue weighted by atomic mass is 10.0. The van der Waals surface area contributed by atoms with Gasteiger partial charge in [-0.2, -0.15) is 10.2 Å². The van der Waals surface area contributed by atoms with Crippen molar-refractivity contribution >= 4 is 0 Å². The maximum atomic E-state index is 13.5. The molecule has 1 atom stereocenters. The molecular weight excluding hydrogens is 221 g/mol. The zero-order chi connectivity index (χ0) is 12.3. The molecular formula is C12H12FN3O. The molecule has 0 aliphatic heterocycles. The quantitative estimate of drug-likeness (QED) is 0.876. The summed E-state index contributed by atoms with van der Waals surface area (Å²) in [6.45, 7) is 0. The van der Waals surface area contributed by atoms with Gasteiger partial charge in [0.1, 0.15) is 0 Å². The minimum atomic E-state index is -0.428. The van der Waals surface area contributed by atoms with Crippen molar-refractivity contribution in [3.05, 3.63) is 53.6 Å². The summed E-state index contributed by atoms with van der Waals surface area (Å²) in [6.07, 6.45) is 3.11. The maximum Gasteiger partial charge on any atom is 0.165 e. The van der Waals surface area contributed by atoms with Crippen LogP contribution in [0.25, 0.3) is 0 Å². The average molecular weight is 233 g/mol. The Kier molecular flexibility index (Phi) is 3.30. The molecule has 0 aliphatic rings. The van der Waals surface area contributed by atoms with Gasteiger partial charge in [0.05, 0.1) is 19.3 Å². The van der Waals surface area contributed by atoms with Gasteiger partial charge >= 0.3 is 0 Å². The third kappa shape index (κ3) is 2.39. The van der Waals surface area contributed by atoms with Crippen LogP contribution in [0.15, 0.2) is 36.7 Å². The highest BCUT2D eigenvalue weighted by Gasteiger charge is 2.12. The number of rotatable bonds is 3. The predicted octanol–water partition coefficient (Wildman–Crippen LogP) is 1.67. The van der Waals surface area contributed by atoms with Gasteiger partial charge in [-0.05, 0) is 29.3 Å². The zero-order valence-corrected chi connectivity index (χ0v) is 9.30. The Morgan fingerprint density at radius 3 is 2.65 bits per heavy atom. The normalized spacial score (nSPS) is 12.2. The molecule has 0 amide bonds. The van der Waals surface area contributed by atoms with Crippen molar-refractivity contribution in [2.45, 2.75) is 6.04 Å². The Hall–Kier alpha value is -2.01. The lowest BCUT2D eigenvalue weighted by molar-refractivity contribution is 0.386. The van der Waals surface area contributed by atoms with E-state index in [2.05, 4.69) is 10.2 Å². The molecule has 5 heteroatoms. The molecule has 0 saturated heterocycles. The van der Waals surface area contributed by atoms with E-state index >= 15 is 0 Å². The molecule has 1 aromatic heterocycles. The summed E-state index contributed by atoms with van der Waals surface area (Å²) in [7, 11) is 1.42. The molecule has 4 nitrogen and oxygen atoms in total. The number of nitrogens with two attached hydrogens (primary N) is 1. The van der Waals surface area contributed by atoms with E-state index in [4.69, 9.17) is 10.5 Å². The Bertz CT molecular complexity index is 504. The summed E-state index contributed by atoms with van der Waals surface area (Å²) in [5.74, 6) is -0.226. The summed E-state index contributed by atoms with van der Waals surface area (Å²) >= 11 is 0. The molecule has 0 aliphatic carbocycles. The second kappa shape index (κ2) is 4.88. The van der Waals surface area contributed by atoms with E-state index in [1.807, 2.05) is 0 Å². The fourth-order valence-electron chi connectivity index (χ4n) is 1.55. The van der Waals surface area contributed by atoms with Gasteiger partial charge in [-0.1, -0.05) is 6.07 Å². The first-order valence-electron chi connectivity index (χ1n) is 5.08. The second-order valence-electron chi connectivity index (χ2n) is 3.55. The number of ether oxygens (including phenoxy) is 1. The molecule has 1 heterocycles. The van der Waals surface area contributed by atoms with Crippen LogP contribution in [0.2, 0.25) is 0 Å². The van der Waals surface area contributed by atoms with E-state index in [9.17, 15) is 4.39 Å². The number of aromatic nitrogens is 2. The maximum absolute atomic E-state index is 13.5. The molecule has 2 rings (SSSR count). The molecule has 0 bridgehead atoms. The highest BCUT2D eigenvalue weighted by atomic mass is 19.1. The van der Waals surface area contributed by atoms with Crippen molar-refractivity contribution < 1.29 is 9.13 Å². The molecule has 0 fully saturated rings. The highest BCUT2D eigenvalue weighted by Crippen LogP contribution is 2.24. The molecule has 0 saturated carbocycles. The molecule has 0 radical (unpaired) electrons. The van der Waals surface area contributed by atoms with Crippen molar-refractivity contribution in [3.63, 3.8) is 0 Å². The molecule has 1 aromatic carbocycles. The smallest absolute Gasteiger partial charge is 0.165 e. The zero-order valence-electron chi connectivity index (χ0n) is 9.30. The summed E-state index contributed by atoms with van der Waals surface area (Å²) in [5, 5.41) is 7.41. The van der Waals surface area contributed by atoms with E-state index in [0.717, 1.165) is 5.56 Å². The number of hydrogen-bond donors (Lipinski definition) is 1. The van der Waals surface area contributed by atoms with Gasteiger partial charge < -0.3 is 10.5 Å². The van der Waals surface area contributed by atoms with Gasteiger partial charge in [0.25, 0.3) is 0 Å². The van der Waals surface area contributed by atoms with Crippen molar-refractivity contribution in [1.29, 1.82) is 0 Å². The minimum absolute atomic E-state index is 0.203. The van der Waals surface area contributed by atoms with Crippen LogP contribution in [0.3, 0.4) is 0 Å². The number of halogens is 1. The number of methoxy groups -OCH3 is 1. The fourth-order valence-corrected chi connectivity index (χ4v) is 1.55. The third-order valence-corrected chi connectivity index (χ3v) is 2.50. The van der Waals surface area contributed by atoms with E-state index < -0.39 is 11.9 Å². The van der Waals surface area contributed by atoms with Crippen LogP contribution in [-0.4, -0.2) is 17.3 Å². The highest BCUT2D eigenvalue weighted by molar-refractivity contribution is 5.35. The van der Waals surface area contributed by atoms with Crippen LogP contribution in [-0.2, 0) is 0 Å². The Labute approximate surface area is 98.2 Å². The summed E-state index contributed by atoms with van der Waals surface area (Å²) in [4.78, 5) is 0. The van der Waals surface area contributed by atoms with Gasteiger partial charge in [0, 0.05) is 6.20 Å². The Morgan fingerprint density at radius 1 is 1.24 bits per heavy atom. The molecule has 1 unspecified atom stereocenters. The second-order valence-corrected chi connectivity index (χ2v) is 3.55. The fraction of sp³-hybridized carbons (Fsp3) is 0.167. The standard InChI is InChI=1S/C12H12FN3O/c1-17-11-3-2-8(6-10(11)13)12(14)9-4-5-15-16-7-9/h2-7,12H,14H2,1H3. The van der Waals surface area contributed by atoms with Gasteiger partial charge in [-0.3, -0.25) is 0 Å². The average Bonchev–Trinajstić information content (AvgIpc) is 2.39. The van der Waals surface area contributed by atoms with Gasteiger partial charge in [-0.15, -0.1) is 0 Å². The van der Waals surface area contributed by atoms with Crippen LogP contribution in [0, 0.1) is 5.82 Å². The number of benzene rings is 1. The topological polar surface area (TPSA) is 61.0 Å². The van der Waals surface area contributed by atoms with E-state index in [1.165, 1.54) is 13.2 Å². The lowest BCUT2D eigenvalue weighted by Gasteiger charge is -2.12. The predicted molar refractivity (Wildman–Crippen MR) is 61.0 cm³/mol. The van der Waals surface area contributed by atoms with Crippen molar-refractivity contribution in [2.75, 3.05) is 7.11 Å². The van der Waals surface area contributed by atoms with Crippen molar-refractivity contribution in [3.8, 4) is 5.75 Å². The van der Waals surface area contributed by atoms with Crippen molar-refractivity contribution in [1.82, 2.24) is 10.2 Å². The first-order chi connectivity index (χ1) is 8.22. The number of nitrogens with zero attached hydrogens (tertiary/aromatic N) is 2. The summed E-state index contributed by atoms with van der Waals surface area (Å²) in [5.41, 5.74) is 7.45. The van der Waals surface area contributed by atoms with Crippen LogP contribution in [0.4, 0.5) is 4.39 Å². The number of hydrogen-bond acceptors (Lipinski definition) is 4. The van der Waals surface area contributed by atoms with E-state index in [-0.39, 0.29) is 5.75 Å². The summed E-state index contributed by atoms with van der Waals surface area (Å²) in [6, 6.07) is 5.97. The SMILES string of the molecule is COc1ccc(C(N)c2ccnnc2)cc1F. The Morgan fingerprint density at radius 2 is 2.06 bits per heavy atom. The van der Waals surface area contributed by atoms with Crippen LogP contribution in [0.1, 0.15) is 17.2 Å². The van der Waals surface area contributed by atoms with Crippen LogP contribution in [0.5, 0.6) is 5.75 Å². The van der Waals surface area contributed by atoms with Crippen molar-refractivity contribution in [2.24, 2.45) is 5.73 Å². The van der Waals surface area contributed by atoms with E-state index in [1.54, 1.807) is 30.6 Å². The lowest BCUT2D eigenvalue weighted by Crippen LogP contribution is -2.12. The molecule has 2 N–H and O–H groups in total. The molecule has 2 aromatic rings. The van der Waals surface area contributed by atoms with Crippen LogP contribution < -0.4 is 10.5 Å². The van der Waals surface area contributed by atoms with Crippen LogP contribution >= 0.6 is 0 Å². The molecule has 17 heavy (non-hydrogen) atoms. The first kappa shape index (κ1) is 11.5.